The molecule has 2 rings (SSSR count). The Bertz CT molecular complexity index is 636. The predicted molar refractivity (Wildman–Crippen MR) is 86.5 cm³/mol. The van der Waals surface area contributed by atoms with Crippen molar-refractivity contribution in [1.29, 1.82) is 0 Å². The van der Waals surface area contributed by atoms with Crippen LogP contribution >= 0.6 is 15.9 Å². The first-order chi connectivity index (χ1) is 10.0. The lowest BCUT2D eigenvalue weighted by Gasteiger charge is -2.07. The fourth-order valence-corrected chi connectivity index (χ4v) is 2.59. The molecule has 0 aliphatic carbocycles. The summed E-state index contributed by atoms with van der Waals surface area (Å²) in [7, 11) is 0. The quantitative estimate of drug-likeness (QED) is 0.779. The zero-order valence-corrected chi connectivity index (χ0v) is 13.9. The number of furan rings is 1. The van der Waals surface area contributed by atoms with Gasteiger partial charge in [0.1, 0.15) is 5.58 Å². The molecular formula is C16H20BrNO3. The molecule has 4 nitrogen and oxygen atoms in total. The van der Waals surface area contributed by atoms with Gasteiger partial charge in [0.2, 0.25) is 0 Å². The molecule has 1 unspecified atom stereocenters. The Morgan fingerprint density at radius 3 is 2.95 bits per heavy atom. The Morgan fingerprint density at radius 1 is 1.48 bits per heavy atom. The zero-order chi connectivity index (χ0) is 15.4. The van der Waals surface area contributed by atoms with Crippen LogP contribution in [0.1, 0.15) is 35.9 Å². The Hall–Kier alpha value is -1.33. The molecule has 0 aliphatic rings. The lowest BCUT2D eigenvalue weighted by atomic mass is 10.1. The van der Waals surface area contributed by atoms with Crippen LogP contribution in [-0.2, 0) is 0 Å². The zero-order valence-electron chi connectivity index (χ0n) is 12.3. The highest BCUT2D eigenvalue weighted by atomic mass is 79.9. The van der Waals surface area contributed by atoms with Crippen molar-refractivity contribution in [3.63, 3.8) is 0 Å². The monoisotopic (exact) mass is 353 g/mol. The lowest BCUT2D eigenvalue weighted by molar-refractivity contribution is 0.0925. The smallest absolute Gasteiger partial charge is 0.287 e. The van der Waals surface area contributed by atoms with Crippen LogP contribution in [0.3, 0.4) is 0 Å². The number of aryl methyl sites for hydroxylation is 1. The van der Waals surface area contributed by atoms with Crippen molar-refractivity contribution in [2.45, 2.75) is 26.7 Å². The summed E-state index contributed by atoms with van der Waals surface area (Å²) in [6, 6.07) is 5.70. The van der Waals surface area contributed by atoms with Crippen molar-refractivity contribution < 1.29 is 14.3 Å². The number of hydrogen-bond acceptors (Lipinski definition) is 3. The summed E-state index contributed by atoms with van der Waals surface area (Å²) >= 11 is 3.42. The van der Waals surface area contributed by atoms with E-state index in [0.717, 1.165) is 33.8 Å². The first-order valence-electron chi connectivity index (χ1n) is 7.10. The normalized spacial score (nSPS) is 12.6. The average Bonchev–Trinajstić information content (AvgIpc) is 2.80. The highest BCUT2D eigenvalue weighted by Crippen LogP contribution is 2.27. The maximum atomic E-state index is 12.2. The molecule has 1 atom stereocenters. The summed E-state index contributed by atoms with van der Waals surface area (Å²) in [5, 5.41) is 12.8. The van der Waals surface area contributed by atoms with E-state index >= 15 is 0 Å². The summed E-state index contributed by atoms with van der Waals surface area (Å²) in [5.41, 5.74) is 1.57. The number of nitrogens with one attached hydrogen (secondary N) is 1. The van der Waals surface area contributed by atoms with Crippen molar-refractivity contribution in [1.82, 2.24) is 5.32 Å². The lowest BCUT2D eigenvalue weighted by Crippen LogP contribution is -2.25. The number of hydrogen-bond donors (Lipinski definition) is 2. The van der Waals surface area contributed by atoms with Crippen molar-refractivity contribution in [3.05, 3.63) is 34.0 Å². The van der Waals surface area contributed by atoms with Crippen LogP contribution in [0.5, 0.6) is 0 Å². The molecule has 0 bridgehead atoms. The average molecular weight is 354 g/mol. The van der Waals surface area contributed by atoms with Crippen molar-refractivity contribution in [3.8, 4) is 0 Å². The van der Waals surface area contributed by atoms with E-state index in [2.05, 4.69) is 21.2 Å². The topological polar surface area (TPSA) is 62.5 Å². The second kappa shape index (κ2) is 7.09. The van der Waals surface area contributed by atoms with Gasteiger partial charge in [0, 0.05) is 28.6 Å². The molecule has 5 heteroatoms. The highest BCUT2D eigenvalue weighted by Gasteiger charge is 2.17. The third-order valence-electron chi connectivity index (χ3n) is 3.58. The first-order valence-corrected chi connectivity index (χ1v) is 7.90. The largest absolute Gasteiger partial charge is 0.451 e. The molecule has 21 heavy (non-hydrogen) atoms. The summed E-state index contributed by atoms with van der Waals surface area (Å²) < 4.78 is 6.60. The molecule has 0 fully saturated rings. The van der Waals surface area contributed by atoms with Crippen LogP contribution in [0.15, 0.2) is 27.1 Å². The third kappa shape index (κ3) is 3.86. The minimum atomic E-state index is -0.184. The molecule has 0 spiro atoms. The second-order valence-corrected chi connectivity index (χ2v) is 6.30. The molecule has 1 aromatic carbocycles. The van der Waals surface area contributed by atoms with Crippen LogP contribution in [-0.4, -0.2) is 24.2 Å². The molecule has 0 radical (unpaired) electrons. The molecule has 0 saturated heterocycles. The maximum Gasteiger partial charge on any atom is 0.287 e. The van der Waals surface area contributed by atoms with Gasteiger partial charge in [-0.1, -0.05) is 22.9 Å². The van der Waals surface area contributed by atoms with Gasteiger partial charge in [-0.25, -0.2) is 0 Å². The van der Waals surface area contributed by atoms with E-state index in [0.29, 0.717) is 12.3 Å². The highest BCUT2D eigenvalue weighted by molar-refractivity contribution is 9.10. The van der Waals surface area contributed by atoms with Gasteiger partial charge in [-0.15, -0.1) is 0 Å². The number of benzene rings is 1. The number of amides is 1. The fraction of sp³-hybridized carbons (Fsp3) is 0.438. The van der Waals surface area contributed by atoms with Gasteiger partial charge in [0.15, 0.2) is 5.76 Å². The molecule has 114 valence electrons. The molecule has 1 amide bonds. The van der Waals surface area contributed by atoms with Gasteiger partial charge in [-0.3, -0.25) is 4.79 Å². The van der Waals surface area contributed by atoms with E-state index in [1.165, 1.54) is 0 Å². The van der Waals surface area contributed by atoms with Crippen LogP contribution < -0.4 is 5.32 Å². The van der Waals surface area contributed by atoms with E-state index < -0.39 is 0 Å². The molecule has 0 aliphatic heterocycles. The Balaban J connectivity index is 2.01. The van der Waals surface area contributed by atoms with Crippen LogP contribution in [0.2, 0.25) is 0 Å². The summed E-state index contributed by atoms with van der Waals surface area (Å²) in [6.07, 6.45) is 1.74. The van der Waals surface area contributed by atoms with Crippen molar-refractivity contribution in [2.24, 2.45) is 5.92 Å². The van der Waals surface area contributed by atoms with Gasteiger partial charge in [0.25, 0.3) is 5.91 Å². The van der Waals surface area contributed by atoms with Crippen LogP contribution in [0.25, 0.3) is 11.0 Å². The fourth-order valence-electron chi connectivity index (χ4n) is 2.23. The van der Waals surface area contributed by atoms with E-state index in [1.54, 1.807) is 0 Å². The number of halogens is 1. The summed E-state index contributed by atoms with van der Waals surface area (Å²) in [5.74, 6) is 0.460. The molecule has 0 saturated carbocycles. The minimum Gasteiger partial charge on any atom is -0.451 e. The van der Waals surface area contributed by atoms with E-state index in [-0.39, 0.29) is 18.4 Å². The SMILES string of the molecule is Cc1c(C(=O)NCCCC(C)CO)oc2ccc(Br)cc12. The Kier molecular flexibility index (Phi) is 5.42. The van der Waals surface area contributed by atoms with Crippen molar-refractivity contribution >= 4 is 32.8 Å². The van der Waals surface area contributed by atoms with Crippen LogP contribution in [0.4, 0.5) is 0 Å². The number of rotatable bonds is 6. The molecule has 2 N–H and O–H groups in total. The number of aliphatic hydroxyl groups is 1. The van der Waals surface area contributed by atoms with E-state index in [1.807, 2.05) is 32.0 Å². The van der Waals surface area contributed by atoms with E-state index in [4.69, 9.17) is 9.52 Å². The van der Waals surface area contributed by atoms with Crippen molar-refractivity contribution in [2.75, 3.05) is 13.2 Å². The van der Waals surface area contributed by atoms with E-state index in [9.17, 15) is 4.79 Å². The number of fused-ring (bicyclic) bond motifs is 1. The summed E-state index contributed by atoms with van der Waals surface area (Å²) in [6.45, 7) is 4.65. The first kappa shape index (κ1) is 16.0. The number of carbonyl (C=O) groups excluding carboxylic acids is 1. The molecular weight excluding hydrogens is 334 g/mol. The minimum absolute atomic E-state index is 0.184. The Morgan fingerprint density at radius 2 is 2.24 bits per heavy atom. The number of carbonyl (C=O) groups is 1. The van der Waals surface area contributed by atoms with Gasteiger partial charge >= 0.3 is 0 Å². The second-order valence-electron chi connectivity index (χ2n) is 5.38. The van der Waals surface area contributed by atoms with Gasteiger partial charge < -0.3 is 14.8 Å². The van der Waals surface area contributed by atoms with Gasteiger partial charge in [0.05, 0.1) is 0 Å². The molecule has 1 aromatic heterocycles. The van der Waals surface area contributed by atoms with Gasteiger partial charge in [-0.2, -0.15) is 0 Å². The predicted octanol–water partition coefficient (Wildman–Crippen LogP) is 3.64. The van der Waals surface area contributed by atoms with Crippen LogP contribution in [0, 0.1) is 12.8 Å². The Labute approximate surface area is 132 Å². The molecule has 1 heterocycles. The third-order valence-corrected chi connectivity index (χ3v) is 4.07. The standard InChI is InChI=1S/C16H20BrNO3/c1-10(9-19)4-3-7-18-16(20)15-11(2)13-8-12(17)5-6-14(13)21-15/h5-6,8,10,19H,3-4,7,9H2,1-2H3,(H,18,20). The number of aliphatic hydroxyl groups excluding tert-OH is 1. The maximum absolute atomic E-state index is 12.2. The summed E-state index contributed by atoms with van der Waals surface area (Å²) in [4.78, 5) is 12.2. The van der Waals surface area contributed by atoms with Gasteiger partial charge in [-0.05, 0) is 43.9 Å². The molecule has 2 aromatic rings.